The van der Waals surface area contributed by atoms with Gasteiger partial charge in [-0.15, -0.1) is 0 Å². The minimum atomic E-state index is -0.511. The fraction of sp³-hybridized carbons (Fsp3) is 1.00. The number of aliphatic hydroxyl groups is 1. The molecule has 0 aromatic carbocycles. The Labute approximate surface area is 106 Å². The first-order valence-corrected chi connectivity index (χ1v) is 7.23. The first-order chi connectivity index (χ1) is 8.04. The molecule has 0 bridgehead atoms. The molecule has 1 heterocycles. The lowest BCUT2D eigenvalue weighted by Gasteiger charge is -2.38. The van der Waals surface area contributed by atoms with Gasteiger partial charge >= 0.3 is 0 Å². The number of piperazine rings is 1. The van der Waals surface area contributed by atoms with Crippen LogP contribution in [0.3, 0.4) is 0 Å². The van der Waals surface area contributed by atoms with Crippen molar-refractivity contribution in [1.82, 2.24) is 9.80 Å². The molecule has 0 aromatic heterocycles. The Hall–Kier alpha value is -0.120. The molecule has 0 spiro atoms. The molecule has 1 aliphatic carbocycles. The monoisotopic (exact) mass is 240 g/mol. The third kappa shape index (κ3) is 4.23. The lowest BCUT2D eigenvalue weighted by atomic mass is 10.1. The van der Waals surface area contributed by atoms with Crippen LogP contribution in [0.2, 0.25) is 0 Å². The van der Waals surface area contributed by atoms with Crippen LogP contribution < -0.4 is 0 Å². The third-order valence-electron chi connectivity index (χ3n) is 4.29. The number of hydrogen-bond acceptors (Lipinski definition) is 3. The summed E-state index contributed by atoms with van der Waals surface area (Å²) >= 11 is 0. The summed E-state index contributed by atoms with van der Waals surface area (Å²) < 4.78 is 0. The van der Waals surface area contributed by atoms with Gasteiger partial charge in [-0.25, -0.2) is 0 Å². The Morgan fingerprint density at radius 2 is 1.65 bits per heavy atom. The van der Waals surface area contributed by atoms with Crippen LogP contribution in [0.5, 0.6) is 0 Å². The SMILES string of the molecule is CC(C)(O)CCN1CCN(C2CCCC2)CC1. The fourth-order valence-electron chi connectivity index (χ4n) is 3.05. The summed E-state index contributed by atoms with van der Waals surface area (Å²) in [4.78, 5) is 5.19. The summed E-state index contributed by atoms with van der Waals surface area (Å²) in [5.41, 5.74) is -0.511. The second-order valence-electron chi connectivity index (χ2n) is 6.38. The van der Waals surface area contributed by atoms with Gasteiger partial charge in [-0.2, -0.15) is 0 Å². The highest BCUT2D eigenvalue weighted by molar-refractivity contribution is 4.82. The van der Waals surface area contributed by atoms with Crippen molar-refractivity contribution in [2.45, 2.75) is 57.6 Å². The summed E-state index contributed by atoms with van der Waals surface area (Å²) in [7, 11) is 0. The highest BCUT2D eigenvalue weighted by Crippen LogP contribution is 2.24. The van der Waals surface area contributed by atoms with Gasteiger partial charge in [0.1, 0.15) is 0 Å². The van der Waals surface area contributed by atoms with Crippen molar-refractivity contribution in [3.8, 4) is 0 Å². The summed E-state index contributed by atoms with van der Waals surface area (Å²) in [6.07, 6.45) is 6.59. The van der Waals surface area contributed by atoms with E-state index < -0.39 is 5.60 Å². The van der Waals surface area contributed by atoms with Crippen molar-refractivity contribution >= 4 is 0 Å². The van der Waals surface area contributed by atoms with E-state index in [1.54, 1.807) is 0 Å². The summed E-state index contributed by atoms with van der Waals surface area (Å²) in [6.45, 7) is 9.69. The second kappa shape index (κ2) is 5.68. The summed E-state index contributed by atoms with van der Waals surface area (Å²) in [5.74, 6) is 0. The Morgan fingerprint density at radius 3 is 2.18 bits per heavy atom. The predicted octanol–water partition coefficient (Wildman–Crippen LogP) is 1.71. The van der Waals surface area contributed by atoms with Crippen molar-refractivity contribution in [2.24, 2.45) is 0 Å². The van der Waals surface area contributed by atoms with E-state index in [2.05, 4.69) is 9.80 Å². The number of hydrogen-bond donors (Lipinski definition) is 1. The minimum Gasteiger partial charge on any atom is -0.390 e. The average molecular weight is 240 g/mol. The highest BCUT2D eigenvalue weighted by atomic mass is 16.3. The second-order valence-corrected chi connectivity index (χ2v) is 6.38. The van der Waals surface area contributed by atoms with Crippen molar-refractivity contribution in [3.05, 3.63) is 0 Å². The molecule has 1 aliphatic heterocycles. The molecule has 2 aliphatic rings. The quantitative estimate of drug-likeness (QED) is 0.810. The largest absolute Gasteiger partial charge is 0.390 e. The zero-order valence-corrected chi connectivity index (χ0v) is 11.5. The molecule has 2 rings (SSSR count). The van der Waals surface area contributed by atoms with E-state index in [-0.39, 0.29) is 0 Å². The van der Waals surface area contributed by atoms with Gasteiger partial charge in [0, 0.05) is 38.8 Å². The van der Waals surface area contributed by atoms with Gasteiger partial charge in [0.05, 0.1) is 5.60 Å². The molecule has 2 fully saturated rings. The first-order valence-electron chi connectivity index (χ1n) is 7.23. The van der Waals surface area contributed by atoms with Crippen LogP contribution >= 0.6 is 0 Å². The van der Waals surface area contributed by atoms with Gasteiger partial charge in [0.15, 0.2) is 0 Å². The van der Waals surface area contributed by atoms with Crippen molar-refractivity contribution in [1.29, 1.82) is 0 Å². The van der Waals surface area contributed by atoms with Crippen LogP contribution in [0.1, 0.15) is 46.0 Å². The van der Waals surface area contributed by atoms with E-state index in [0.717, 1.165) is 19.0 Å². The van der Waals surface area contributed by atoms with E-state index in [1.165, 1.54) is 51.9 Å². The fourth-order valence-corrected chi connectivity index (χ4v) is 3.05. The molecule has 0 atom stereocenters. The Balaban J connectivity index is 1.67. The summed E-state index contributed by atoms with van der Waals surface area (Å²) in [5, 5.41) is 9.74. The van der Waals surface area contributed by atoms with Gasteiger partial charge in [-0.3, -0.25) is 4.90 Å². The van der Waals surface area contributed by atoms with Gasteiger partial charge in [-0.05, 0) is 33.1 Å². The topological polar surface area (TPSA) is 26.7 Å². The Kier molecular flexibility index (Phi) is 4.45. The van der Waals surface area contributed by atoms with Gasteiger partial charge in [-0.1, -0.05) is 12.8 Å². The van der Waals surface area contributed by atoms with Gasteiger partial charge in [0.2, 0.25) is 0 Å². The first kappa shape index (κ1) is 13.3. The molecule has 17 heavy (non-hydrogen) atoms. The molecule has 1 N–H and O–H groups in total. The molecule has 1 saturated carbocycles. The van der Waals surface area contributed by atoms with Crippen LogP contribution in [0, 0.1) is 0 Å². The molecule has 0 radical (unpaired) electrons. The molecule has 3 nitrogen and oxygen atoms in total. The van der Waals surface area contributed by atoms with Crippen molar-refractivity contribution in [3.63, 3.8) is 0 Å². The van der Waals surface area contributed by atoms with E-state index in [9.17, 15) is 5.11 Å². The third-order valence-corrected chi connectivity index (χ3v) is 4.29. The van der Waals surface area contributed by atoms with Crippen LogP contribution in [0.15, 0.2) is 0 Å². The van der Waals surface area contributed by atoms with Gasteiger partial charge < -0.3 is 10.0 Å². The van der Waals surface area contributed by atoms with E-state index in [4.69, 9.17) is 0 Å². The molecule has 3 heteroatoms. The van der Waals surface area contributed by atoms with Crippen molar-refractivity contribution < 1.29 is 5.11 Å². The van der Waals surface area contributed by atoms with Gasteiger partial charge in [0.25, 0.3) is 0 Å². The minimum absolute atomic E-state index is 0.511. The Morgan fingerprint density at radius 1 is 1.06 bits per heavy atom. The molecule has 100 valence electrons. The molecule has 0 unspecified atom stereocenters. The normalized spacial score (nSPS) is 25.6. The van der Waals surface area contributed by atoms with E-state index in [1.807, 2.05) is 13.8 Å². The number of rotatable bonds is 4. The molecule has 0 amide bonds. The van der Waals surface area contributed by atoms with Crippen LogP contribution in [0.25, 0.3) is 0 Å². The maximum absolute atomic E-state index is 9.74. The Bertz CT molecular complexity index is 223. The van der Waals surface area contributed by atoms with Crippen LogP contribution in [0.4, 0.5) is 0 Å². The molecular weight excluding hydrogens is 212 g/mol. The zero-order valence-electron chi connectivity index (χ0n) is 11.5. The highest BCUT2D eigenvalue weighted by Gasteiger charge is 2.26. The zero-order chi connectivity index (χ0) is 12.3. The van der Waals surface area contributed by atoms with Crippen molar-refractivity contribution in [2.75, 3.05) is 32.7 Å². The summed E-state index contributed by atoms with van der Waals surface area (Å²) in [6, 6.07) is 0.881. The van der Waals surface area contributed by atoms with Crippen LogP contribution in [-0.2, 0) is 0 Å². The number of nitrogens with zero attached hydrogens (tertiary/aromatic N) is 2. The van der Waals surface area contributed by atoms with E-state index >= 15 is 0 Å². The van der Waals surface area contributed by atoms with Crippen LogP contribution in [-0.4, -0.2) is 59.3 Å². The smallest absolute Gasteiger partial charge is 0.0603 e. The molecular formula is C14H28N2O. The molecule has 1 saturated heterocycles. The average Bonchev–Trinajstić information content (AvgIpc) is 2.79. The lowest BCUT2D eigenvalue weighted by molar-refractivity contribution is 0.0419. The molecule has 0 aromatic rings. The maximum Gasteiger partial charge on any atom is 0.0603 e. The lowest BCUT2D eigenvalue weighted by Crippen LogP contribution is -2.50. The van der Waals surface area contributed by atoms with E-state index in [0.29, 0.717) is 0 Å². The standard InChI is InChI=1S/C14H28N2O/c1-14(2,17)7-8-15-9-11-16(12-10-15)13-5-3-4-6-13/h13,17H,3-12H2,1-2H3. The maximum atomic E-state index is 9.74. The predicted molar refractivity (Wildman–Crippen MR) is 71.2 cm³/mol.